The van der Waals surface area contributed by atoms with Crippen LogP contribution in [-0.4, -0.2) is 27.7 Å². The first-order valence-electron chi connectivity index (χ1n) is 7.94. The Kier molecular flexibility index (Phi) is 4.52. The number of primary amides is 2. The predicted octanol–water partition coefficient (Wildman–Crippen LogP) is 2.49. The Morgan fingerprint density at radius 3 is 2.35 bits per heavy atom. The summed E-state index contributed by atoms with van der Waals surface area (Å²) in [5.74, 6) is -0.242. The largest absolute Gasteiger partial charge is 0.457 e. The van der Waals surface area contributed by atoms with Crippen molar-refractivity contribution in [3.05, 3.63) is 59.9 Å². The number of carbonyl (C=O) groups excluding carboxylic acids is 2. The Labute approximate surface area is 148 Å². The molecule has 8 heteroatoms. The van der Waals surface area contributed by atoms with Gasteiger partial charge in [0.15, 0.2) is 5.54 Å². The lowest BCUT2D eigenvalue weighted by molar-refractivity contribution is -0.176. The molecular formula is C18H18FN3O4. The Balaban J connectivity index is 1.74. The van der Waals surface area contributed by atoms with Gasteiger partial charge < -0.3 is 16.2 Å². The molecule has 3 rings (SSSR count). The van der Waals surface area contributed by atoms with Crippen molar-refractivity contribution in [3.8, 4) is 11.5 Å². The van der Waals surface area contributed by atoms with Crippen LogP contribution in [-0.2, 0) is 4.79 Å². The maximum Gasteiger partial charge on any atom is 0.339 e. The van der Waals surface area contributed by atoms with Crippen LogP contribution in [0.1, 0.15) is 24.3 Å². The molecule has 1 saturated carbocycles. The zero-order valence-electron chi connectivity index (χ0n) is 13.8. The molecule has 0 atom stereocenters. The number of benzene rings is 2. The highest BCUT2D eigenvalue weighted by atomic mass is 19.1. The highest BCUT2D eigenvalue weighted by Gasteiger charge is 2.55. The van der Waals surface area contributed by atoms with Gasteiger partial charge in [0, 0.05) is 0 Å². The van der Waals surface area contributed by atoms with Crippen LogP contribution in [0.5, 0.6) is 11.5 Å². The first-order chi connectivity index (χ1) is 12.3. The number of ether oxygens (including phenoxy) is 1. The van der Waals surface area contributed by atoms with E-state index in [9.17, 15) is 19.2 Å². The third-order valence-corrected chi connectivity index (χ3v) is 4.62. The number of amides is 3. The smallest absolute Gasteiger partial charge is 0.339 e. The molecular weight excluding hydrogens is 341 g/mol. The second-order valence-electron chi connectivity index (χ2n) is 6.28. The van der Waals surface area contributed by atoms with Gasteiger partial charge in [0.25, 0.3) is 0 Å². The van der Waals surface area contributed by atoms with E-state index in [1.54, 1.807) is 18.2 Å². The molecule has 7 nitrogen and oxygen atoms in total. The molecule has 0 heterocycles. The van der Waals surface area contributed by atoms with Gasteiger partial charge in [-0.3, -0.25) is 10.0 Å². The van der Waals surface area contributed by atoms with Gasteiger partial charge in [0.2, 0.25) is 5.91 Å². The molecule has 5 N–H and O–H groups in total. The summed E-state index contributed by atoms with van der Waals surface area (Å²) in [4.78, 5) is 22.9. The van der Waals surface area contributed by atoms with Crippen LogP contribution in [0, 0.1) is 5.82 Å². The van der Waals surface area contributed by atoms with Crippen LogP contribution in [0.2, 0.25) is 0 Å². The van der Waals surface area contributed by atoms with Crippen molar-refractivity contribution in [2.45, 2.75) is 24.3 Å². The van der Waals surface area contributed by atoms with E-state index < -0.39 is 17.5 Å². The summed E-state index contributed by atoms with van der Waals surface area (Å²) >= 11 is 0. The van der Waals surface area contributed by atoms with Crippen molar-refractivity contribution < 1.29 is 23.9 Å². The number of halogens is 1. The molecule has 2 aromatic rings. The Bertz CT molecular complexity index is 835. The van der Waals surface area contributed by atoms with Gasteiger partial charge in [0.1, 0.15) is 17.3 Å². The summed E-state index contributed by atoms with van der Waals surface area (Å²) in [5.41, 5.74) is 9.77. The molecule has 0 bridgehead atoms. The second kappa shape index (κ2) is 6.64. The van der Waals surface area contributed by atoms with Crippen LogP contribution >= 0.6 is 0 Å². The van der Waals surface area contributed by atoms with Crippen LogP contribution in [0.4, 0.5) is 9.18 Å². The molecule has 2 aromatic carbocycles. The molecule has 136 valence electrons. The van der Waals surface area contributed by atoms with Gasteiger partial charge in [0.05, 0.1) is 0 Å². The lowest BCUT2D eigenvalue weighted by Crippen LogP contribution is -2.65. The van der Waals surface area contributed by atoms with Crippen LogP contribution < -0.4 is 16.2 Å². The lowest BCUT2D eigenvalue weighted by atomic mass is 9.65. The topological polar surface area (TPSA) is 119 Å². The van der Waals surface area contributed by atoms with E-state index in [4.69, 9.17) is 16.2 Å². The molecule has 1 aliphatic rings. The van der Waals surface area contributed by atoms with E-state index in [2.05, 4.69) is 0 Å². The third kappa shape index (κ3) is 3.18. The average molecular weight is 359 g/mol. The van der Waals surface area contributed by atoms with Gasteiger partial charge >= 0.3 is 6.03 Å². The minimum absolute atomic E-state index is 0.103. The van der Waals surface area contributed by atoms with E-state index in [0.717, 1.165) is 5.56 Å². The number of nitrogens with zero attached hydrogens (tertiary/aromatic N) is 1. The molecule has 0 spiro atoms. The molecule has 3 amide bonds. The molecule has 1 fully saturated rings. The fraction of sp³-hybridized carbons (Fsp3) is 0.222. The number of rotatable bonds is 5. The van der Waals surface area contributed by atoms with Crippen molar-refractivity contribution in [3.63, 3.8) is 0 Å². The zero-order valence-corrected chi connectivity index (χ0v) is 13.8. The van der Waals surface area contributed by atoms with E-state index in [0.29, 0.717) is 11.5 Å². The maximum atomic E-state index is 13.0. The molecule has 0 unspecified atom stereocenters. The monoisotopic (exact) mass is 359 g/mol. The number of hydroxylamine groups is 2. The van der Waals surface area contributed by atoms with Crippen LogP contribution in [0.15, 0.2) is 48.5 Å². The van der Waals surface area contributed by atoms with E-state index in [1.807, 2.05) is 6.07 Å². The summed E-state index contributed by atoms with van der Waals surface area (Å²) in [6.45, 7) is 0. The lowest BCUT2D eigenvalue weighted by Gasteiger charge is -2.48. The van der Waals surface area contributed by atoms with Crippen LogP contribution in [0.25, 0.3) is 0 Å². The summed E-state index contributed by atoms with van der Waals surface area (Å²) in [6, 6.07) is 11.6. The number of hydrogen-bond acceptors (Lipinski definition) is 4. The molecule has 0 aromatic heterocycles. The highest BCUT2D eigenvalue weighted by Crippen LogP contribution is 2.48. The number of hydrogen-bond donors (Lipinski definition) is 3. The fourth-order valence-electron chi connectivity index (χ4n) is 3.15. The van der Waals surface area contributed by atoms with Crippen molar-refractivity contribution >= 4 is 11.9 Å². The minimum Gasteiger partial charge on any atom is -0.457 e. The maximum absolute atomic E-state index is 13.0. The summed E-state index contributed by atoms with van der Waals surface area (Å²) in [6.07, 6.45) is 0.309. The number of urea groups is 1. The van der Waals surface area contributed by atoms with Gasteiger partial charge in [-0.2, -0.15) is 5.06 Å². The number of carbonyl (C=O) groups is 2. The Morgan fingerprint density at radius 1 is 1.12 bits per heavy atom. The average Bonchev–Trinajstić information content (AvgIpc) is 2.56. The van der Waals surface area contributed by atoms with Crippen LogP contribution in [0.3, 0.4) is 0 Å². The molecule has 1 aliphatic carbocycles. The molecule has 0 aliphatic heterocycles. The second-order valence-corrected chi connectivity index (χ2v) is 6.28. The summed E-state index contributed by atoms with van der Waals surface area (Å²) in [5, 5.41) is 10.0. The standard InChI is InChI=1S/C18H18FN3O4/c19-13-4-6-14(7-5-13)26-15-3-1-2-11(8-15)12-9-18(10-12,16(20)23)22(25)17(21)24/h1-8,12,25H,9-10H2,(H2,20,23)(H2,21,24). The van der Waals surface area contributed by atoms with Gasteiger partial charge in [-0.15, -0.1) is 0 Å². The third-order valence-electron chi connectivity index (χ3n) is 4.62. The van der Waals surface area contributed by atoms with Crippen molar-refractivity contribution in [1.29, 1.82) is 0 Å². The number of nitrogens with two attached hydrogens (primary N) is 2. The Hall–Kier alpha value is -3.13. The summed E-state index contributed by atoms with van der Waals surface area (Å²) < 4.78 is 18.6. The summed E-state index contributed by atoms with van der Waals surface area (Å²) in [7, 11) is 0. The zero-order chi connectivity index (χ0) is 18.9. The van der Waals surface area contributed by atoms with Gasteiger partial charge in [-0.25, -0.2) is 9.18 Å². The van der Waals surface area contributed by atoms with Crippen molar-refractivity contribution in [2.24, 2.45) is 11.5 Å². The highest BCUT2D eigenvalue weighted by molar-refractivity contribution is 5.90. The first kappa shape index (κ1) is 17.7. The molecule has 0 radical (unpaired) electrons. The van der Waals surface area contributed by atoms with E-state index in [-0.39, 0.29) is 29.6 Å². The van der Waals surface area contributed by atoms with E-state index in [1.165, 1.54) is 24.3 Å². The predicted molar refractivity (Wildman–Crippen MR) is 90.0 cm³/mol. The van der Waals surface area contributed by atoms with Gasteiger partial charge in [-0.1, -0.05) is 12.1 Å². The molecule has 26 heavy (non-hydrogen) atoms. The van der Waals surface area contributed by atoms with E-state index >= 15 is 0 Å². The minimum atomic E-state index is -1.50. The van der Waals surface area contributed by atoms with Crippen molar-refractivity contribution in [2.75, 3.05) is 0 Å². The van der Waals surface area contributed by atoms with Gasteiger partial charge in [-0.05, 0) is 60.7 Å². The fourth-order valence-corrected chi connectivity index (χ4v) is 3.15. The SMILES string of the molecule is NC(=O)N(O)C1(C(N)=O)CC(c2cccc(Oc3ccc(F)cc3)c2)C1. The Morgan fingerprint density at radius 2 is 1.77 bits per heavy atom. The normalized spacial score (nSPS) is 21.5. The quantitative estimate of drug-likeness (QED) is 0.561. The first-order valence-corrected chi connectivity index (χ1v) is 7.94. The van der Waals surface area contributed by atoms with Crippen molar-refractivity contribution in [1.82, 2.24) is 5.06 Å². The molecule has 0 saturated heterocycles.